The fourth-order valence-electron chi connectivity index (χ4n) is 3.46. The first-order chi connectivity index (χ1) is 12.2. The lowest BCUT2D eigenvalue weighted by Gasteiger charge is -2.26. The number of carbonyl (C=O) groups is 1. The minimum Gasteiger partial charge on any atom is -0.481 e. The first-order valence-electron chi connectivity index (χ1n) is 8.61. The molecule has 2 aromatic heterocycles. The number of carboxylic acid groups (broad SMARTS) is 1. The summed E-state index contributed by atoms with van der Waals surface area (Å²) >= 11 is 0. The molecule has 1 fully saturated rings. The van der Waals surface area contributed by atoms with Crippen molar-refractivity contribution in [2.45, 2.75) is 31.7 Å². The molecule has 0 spiro atoms. The maximum absolute atomic E-state index is 11.1. The first kappa shape index (κ1) is 15.6. The van der Waals surface area contributed by atoms with Gasteiger partial charge in [0.15, 0.2) is 5.65 Å². The van der Waals surface area contributed by atoms with Crippen LogP contribution in [0.3, 0.4) is 0 Å². The Morgan fingerprint density at radius 1 is 1.04 bits per heavy atom. The molecule has 0 unspecified atom stereocenters. The van der Waals surface area contributed by atoms with Crippen LogP contribution in [0.4, 0.5) is 5.95 Å². The van der Waals surface area contributed by atoms with Crippen molar-refractivity contribution in [3.63, 3.8) is 0 Å². The number of nitrogens with zero attached hydrogens (tertiary/aromatic N) is 3. The molecule has 0 saturated heterocycles. The SMILES string of the molecule is O=C(O)C1CCC(Nc2nc3cccc(-c4ccccc4)n3n2)CC1. The van der Waals surface area contributed by atoms with Crippen molar-refractivity contribution in [1.82, 2.24) is 14.6 Å². The summed E-state index contributed by atoms with van der Waals surface area (Å²) in [6, 6.07) is 16.3. The second kappa shape index (κ2) is 6.55. The number of aliphatic carboxylic acids is 1. The summed E-state index contributed by atoms with van der Waals surface area (Å²) < 4.78 is 1.85. The Morgan fingerprint density at radius 2 is 1.80 bits per heavy atom. The average Bonchev–Trinajstić information content (AvgIpc) is 3.05. The maximum atomic E-state index is 11.1. The summed E-state index contributed by atoms with van der Waals surface area (Å²) in [5.41, 5.74) is 2.88. The largest absolute Gasteiger partial charge is 0.481 e. The van der Waals surface area contributed by atoms with Crippen molar-refractivity contribution in [1.29, 1.82) is 0 Å². The third kappa shape index (κ3) is 3.20. The second-order valence-corrected chi connectivity index (χ2v) is 6.51. The predicted octanol–water partition coefficient (Wildman–Crippen LogP) is 3.45. The highest BCUT2D eigenvalue weighted by molar-refractivity contribution is 5.70. The summed E-state index contributed by atoms with van der Waals surface area (Å²) in [6.45, 7) is 0. The van der Waals surface area contributed by atoms with Crippen LogP contribution < -0.4 is 5.32 Å². The van der Waals surface area contributed by atoms with Crippen LogP contribution in [0.5, 0.6) is 0 Å². The molecule has 0 amide bonds. The summed E-state index contributed by atoms with van der Waals surface area (Å²) in [7, 11) is 0. The van der Waals surface area contributed by atoms with E-state index >= 15 is 0 Å². The lowest BCUT2D eigenvalue weighted by molar-refractivity contribution is -0.142. The quantitative estimate of drug-likeness (QED) is 0.763. The number of fused-ring (bicyclic) bond motifs is 1. The fraction of sp³-hybridized carbons (Fsp3) is 0.316. The lowest BCUT2D eigenvalue weighted by Crippen LogP contribution is -2.29. The summed E-state index contributed by atoms with van der Waals surface area (Å²) in [6.07, 6.45) is 3.07. The third-order valence-corrected chi connectivity index (χ3v) is 4.84. The molecular weight excluding hydrogens is 316 g/mol. The third-order valence-electron chi connectivity index (χ3n) is 4.84. The van der Waals surface area contributed by atoms with Gasteiger partial charge in [-0.25, -0.2) is 4.52 Å². The normalized spacial score (nSPS) is 20.5. The summed E-state index contributed by atoms with van der Waals surface area (Å²) in [4.78, 5) is 15.6. The molecule has 1 aliphatic rings. The van der Waals surface area contributed by atoms with Crippen molar-refractivity contribution in [3.8, 4) is 11.3 Å². The topological polar surface area (TPSA) is 79.5 Å². The van der Waals surface area contributed by atoms with Gasteiger partial charge >= 0.3 is 5.97 Å². The van der Waals surface area contributed by atoms with E-state index < -0.39 is 5.97 Å². The van der Waals surface area contributed by atoms with E-state index in [1.165, 1.54) is 0 Å². The molecule has 2 N–H and O–H groups in total. The van der Waals surface area contributed by atoms with Gasteiger partial charge in [-0.05, 0) is 37.8 Å². The Morgan fingerprint density at radius 3 is 2.52 bits per heavy atom. The molecule has 0 aliphatic heterocycles. The van der Waals surface area contributed by atoms with Gasteiger partial charge < -0.3 is 10.4 Å². The van der Waals surface area contributed by atoms with Gasteiger partial charge in [-0.1, -0.05) is 36.4 Å². The zero-order chi connectivity index (χ0) is 17.2. The first-order valence-corrected chi connectivity index (χ1v) is 8.61. The average molecular weight is 336 g/mol. The highest BCUT2D eigenvalue weighted by Gasteiger charge is 2.26. The van der Waals surface area contributed by atoms with Crippen LogP contribution >= 0.6 is 0 Å². The van der Waals surface area contributed by atoms with Crippen molar-refractivity contribution >= 4 is 17.6 Å². The van der Waals surface area contributed by atoms with Gasteiger partial charge in [0.2, 0.25) is 5.95 Å². The summed E-state index contributed by atoms with van der Waals surface area (Å²) in [5.74, 6) is -0.296. The predicted molar refractivity (Wildman–Crippen MR) is 95.4 cm³/mol. The summed E-state index contributed by atoms with van der Waals surface area (Å²) in [5, 5.41) is 17.1. The second-order valence-electron chi connectivity index (χ2n) is 6.51. The monoisotopic (exact) mass is 336 g/mol. The van der Waals surface area contributed by atoms with Crippen LogP contribution in [-0.2, 0) is 4.79 Å². The number of anilines is 1. The molecule has 3 aromatic rings. The molecule has 128 valence electrons. The van der Waals surface area contributed by atoms with E-state index in [1.54, 1.807) is 0 Å². The minimum atomic E-state index is -0.684. The van der Waals surface area contributed by atoms with Gasteiger partial charge in [0, 0.05) is 11.6 Å². The molecule has 1 aromatic carbocycles. The van der Waals surface area contributed by atoms with E-state index in [1.807, 2.05) is 40.9 Å². The maximum Gasteiger partial charge on any atom is 0.306 e. The number of nitrogens with one attached hydrogen (secondary N) is 1. The van der Waals surface area contributed by atoms with Gasteiger partial charge in [-0.2, -0.15) is 4.98 Å². The number of hydrogen-bond donors (Lipinski definition) is 2. The zero-order valence-corrected chi connectivity index (χ0v) is 13.8. The number of carboxylic acids is 1. The number of hydrogen-bond acceptors (Lipinski definition) is 4. The van der Waals surface area contributed by atoms with E-state index in [9.17, 15) is 4.79 Å². The van der Waals surface area contributed by atoms with Crippen LogP contribution in [0, 0.1) is 5.92 Å². The fourth-order valence-corrected chi connectivity index (χ4v) is 3.46. The highest BCUT2D eigenvalue weighted by atomic mass is 16.4. The van der Waals surface area contributed by atoms with Gasteiger partial charge in [0.05, 0.1) is 11.6 Å². The van der Waals surface area contributed by atoms with Crippen LogP contribution in [0.15, 0.2) is 48.5 Å². The van der Waals surface area contributed by atoms with Gasteiger partial charge in [0.1, 0.15) is 0 Å². The minimum absolute atomic E-state index is 0.211. The van der Waals surface area contributed by atoms with Crippen molar-refractivity contribution in [2.75, 3.05) is 5.32 Å². The Hall–Kier alpha value is -2.89. The van der Waals surface area contributed by atoms with Crippen LogP contribution in [-0.4, -0.2) is 31.7 Å². The number of aromatic nitrogens is 3. The Labute approximate surface area is 145 Å². The molecule has 1 saturated carbocycles. The highest BCUT2D eigenvalue weighted by Crippen LogP contribution is 2.27. The molecule has 4 rings (SSSR count). The standard InChI is InChI=1S/C19H20N4O2/c24-18(25)14-9-11-15(12-10-14)20-19-21-17-8-4-7-16(23(17)22-19)13-5-2-1-3-6-13/h1-8,14-15H,9-12H2,(H,20,22)(H,24,25). The van der Waals surface area contributed by atoms with Crippen LogP contribution in [0.2, 0.25) is 0 Å². The van der Waals surface area contributed by atoms with Crippen LogP contribution in [0.25, 0.3) is 16.9 Å². The zero-order valence-electron chi connectivity index (χ0n) is 13.8. The molecule has 6 nitrogen and oxygen atoms in total. The van der Waals surface area contributed by atoms with E-state index in [4.69, 9.17) is 5.11 Å². The Bertz CT molecular complexity index is 883. The van der Waals surface area contributed by atoms with Gasteiger partial charge in [0.25, 0.3) is 0 Å². The van der Waals surface area contributed by atoms with E-state index in [2.05, 4.69) is 27.5 Å². The van der Waals surface area contributed by atoms with Crippen molar-refractivity contribution < 1.29 is 9.90 Å². The van der Waals surface area contributed by atoms with Gasteiger partial charge in [-0.3, -0.25) is 4.79 Å². The van der Waals surface area contributed by atoms with E-state index in [0.717, 1.165) is 29.7 Å². The van der Waals surface area contributed by atoms with E-state index in [-0.39, 0.29) is 12.0 Å². The number of benzene rings is 1. The lowest BCUT2D eigenvalue weighted by atomic mass is 9.86. The molecule has 0 atom stereocenters. The van der Waals surface area contributed by atoms with Crippen molar-refractivity contribution in [3.05, 3.63) is 48.5 Å². The molecule has 0 bridgehead atoms. The van der Waals surface area contributed by atoms with E-state index in [0.29, 0.717) is 18.8 Å². The smallest absolute Gasteiger partial charge is 0.306 e. The van der Waals surface area contributed by atoms with Crippen molar-refractivity contribution in [2.24, 2.45) is 5.92 Å². The number of rotatable bonds is 4. The Balaban J connectivity index is 1.55. The molecule has 1 aliphatic carbocycles. The molecule has 25 heavy (non-hydrogen) atoms. The molecule has 0 radical (unpaired) electrons. The van der Waals surface area contributed by atoms with Crippen LogP contribution in [0.1, 0.15) is 25.7 Å². The molecule has 6 heteroatoms. The Kier molecular flexibility index (Phi) is 4.09. The molecule has 2 heterocycles. The number of pyridine rings is 1. The molecular formula is C19H20N4O2. The van der Waals surface area contributed by atoms with Gasteiger partial charge in [-0.15, -0.1) is 5.10 Å².